The van der Waals surface area contributed by atoms with Crippen molar-refractivity contribution in [3.63, 3.8) is 0 Å². The van der Waals surface area contributed by atoms with Crippen LogP contribution in [-0.4, -0.2) is 43.5 Å². The smallest absolute Gasteiger partial charge is 0.323 e. The lowest BCUT2D eigenvalue weighted by atomic mass is 10.0. The van der Waals surface area contributed by atoms with Gasteiger partial charge in [-0.1, -0.05) is 0 Å². The van der Waals surface area contributed by atoms with Gasteiger partial charge in [0.25, 0.3) is 15.9 Å². The van der Waals surface area contributed by atoms with Gasteiger partial charge < -0.3 is 15.7 Å². The Morgan fingerprint density at radius 1 is 1.21 bits per heavy atom. The maximum absolute atomic E-state index is 12.1. The summed E-state index contributed by atoms with van der Waals surface area (Å²) in [7, 11) is -4.00. The van der Waals surface area contributed by atoms with Crippen LogP contribution in [0.5, 0.6) is 0 Å². The Balaban J connectivity index is 1.85. The highest BCUT2D eigenvalue weighted by molar-refractivity contribution is 7.90. The Morgan fingerprint density at radius 2 is 1.92 bits per heavy atom. The monoisotopic (exact) mass is 354 g/mol. The van der Waals surface area contributed by atoms with Crippen LogP contribution in [0.2, 0.25) is 0 Å². The van der Waals surface area contributed by atoms with Crippen LogP contribution in [-0.2, 0) is 19.6 Å². The van der Waals surface area contributed by atoms with Gasteiger partial charge in [-0.05, 0) is 18.2 Å². The van der Waals surface area contributed by atoms with E-state index in [2.05, 4.69) is 5.32 Å². The number of carbonyl (C=O) groups is 4. The average molecular weight is 354 g/mol. The van der Waals surface area contributed by atoms with Crippen LogP contribution >= 0.6 is 0 Å². The van der Waals surface area contributed by atoms with Gasteiger partial charge >= 0.3 is 6.03 Å². The molecule has 2 unspecified atom stereocenters. The fourth-order valence-electron chi connectivity index (χ4n) is 2.31. The van der Waals surface area contributed by atoms with E-state index in [1.807, 2.05) is 10.6 Å². The highest BCUT2D eigenvalue weighted by Gasteiger charge is 2.40. The predicted octanol–water partition coefficient (Wildman–Crippen LogP) is -2.17. The molecular formula is C12H10N4O7S. The number of sulfonamides is 1. The fourth-order valence-corrected chi connectivity index (χ4v) is 3.51. The van der Waals surface area contributed by atoms with E-state index in [1.54, 1.807) is 4.72 Å². The zero-order chi connectivity index (χ0) is 17.6. The molecule has 2 aliphatic heterocycles. The summed E-state index contributed by atoms with van der Waals surface area (Å²) in [5.74, 6) is -4.37. The molecule has 126 valence electrons. The van der Waals surface area contributed by atoms with E-state index in [0.717, 1.165) is 6.07 Å². The predicted molar refractivity (Wildman–Crippen MR) is 75.9 cm³/mol. The third-order valence-corrected chi connectivity index (χ3v) is 4.78. The van der Waals surface area contributed by atoms with Crippen molar-refractivity contribution in [2.24, 2.45) is 5.92 Å². The first-order valence-corrected chi connectivity index (χ1v) is 7.99. The van der Waals surface area contributed by atoms with E-state index in [4.69, 9.17) is 0 Å². The molecule has 0 saturated carbocycles. The molecule has 5 amide bonds. The summed E-state index contributed by atoms with van der Waals surface area (Å²) in [5.41, 5.74) is -0.0774. The second-order valence-electron chi connectivity index (χ2n) is 5.02. The van der Waals surface area contributed by atoms with Crippen molar-refractivity contribution in [2.75, 3.05) is 5.32 Å². The molecule has 1 aromatic rings. The van der Waals surface area contributed by atoms with E-state index in [0.29, 0.717) is 0 Å². The highest BCUT2D eigenvalue weighted by atomic mass is 32.2. The van der Waals surface area contributed by atoms with E-state index in [9.17, 15) is 32.7 Å². The van der Waals surface area contributed by atoms with Gasteiger partial charge in [-0.3, -0.25) is 19.7 Å². The van der Waals surface area contributed by atoms with E-state index in [1.165, 1.54) is 12.1 Å². The molecule has 5 N–H and O–H groups in total. The quantitative estimate of drug-likeness (QED) is 0.376. The van der Waals surface area contributed by atoms with Crippen molar-refractivity contribution in [1.82, 2.24) is 15.4 Å². The average Bonchev–Trinajstić information content (AvgIpc) is 2.67. The molecule has 0 aromatic heterocycles. The summed E-state index contributed by atoms with van der Waals surface area (Å²) in [6, 6.07) is 2.57. The van der Waals surface area contributed by atoms with Crippen molar-refractivity contribution in [2.45, 2.75) is 11.1 Å². The number of aliphatic hydroxyl groups excluding tert-OH is 1. The Kier molecular flexibility index (Phi) is 3.50. The maximum atomic E-state index is 12.1. The first-order valence-electron chi connectivity index (χ1n) is 6.50. The van der Waals surface area contributed by atoms with Crippen LogP contribution in [0.4, 0.5) is 10.5 Å². The second-order valence-corrected chi connectivity index (χ2v) is 6.67. The SMILES string of the molecule is O=C1NC(=O)C(C(=O)Nc2ccc3c(c2)S(=O)(=O)NC3=O)C(O)N1. The van der Waals surface area contributed by atoms with Crippen molar-refractivity contribution in [1.29, 1.82) is 0 Å². The number of amides is 5. The summed E-state index contributed by atoms with van der Waals surface area (Å²) in [5, 5.41) is 15.7. The molecule has 2 aliphatic rings. The minimum atomic E-state index is -4.00. The van der Waals surface area contributed by atoms with E-state index >= 15 is 0 Å². The molecular weight excluding hydrogens is 344 g/mol. The van der Waals surface area contributed by atoms with Gasteiger partial charge in [0.2, 0.25) is 11.8 Å². The van der Waals surface area contributed by atoms with Crippen LogP contribution in [0, 0.1) is 5.92 Å². The maximum Gasteiger partial charge on any atom is 0.323 e. The van der Waals surface area contributed by atoms with Crippen molar-refractivity contribution >= 4 is 39.5 Å². The molecule has 24 heavy (non-hydrogen) atoms. The van der Waals surface area contributed by atoms with Crippen molar-refractivity contribution in [3.8, 4) is 0 Å². The summed E-state index contributed by atoms with van der Waals surface area (Å²) < 4.78 is 25.3. The largest absolute Gasteiger partial charge is 0.372 e. The lowest BCUT2D eigenvalue weighted by molar-refractivity contribution is -0.138. The number of hydrogen-bond acceptors (Lipinski definition) is 7. The molecule has 1 saturated heterocycles. The second kappa shape index (κ2) is 5.28. The van der Waals surface area contributed by atoms with Gasteiger partial charge in [-0.2, -0.15) is 0 Å². The number of anilines is 1. The lowest BCUT2D eigenvalue weighted by Crippen LogP contribution is -2.61. The van der Waals surface area contributed by atoms with Gasteiger partial charge in [-0.15, -0.1) is 0 Å². The molecule has 2 atom stereocenters. The topological polar surface area (TPSA) is 171 Å². The molecule has 0 radical (unpaired) electrons. The van der Waals surface area contributed by atoms with Crippen LogP contribution < -0.4 is 20.7 Å². The number of urea groups is 1. The molecule has 1 aromatic carbocycles. The normalized spacial score (nSPS) is 24.5. The Bertz CT molecular complexity index is 895. The highest BCUT2D eigenvalue weighted by Crippen LogP contribution is 2.26. The first kappa shape index (κ1) is 15.9. The molecule has 1 fully saturated rings. The van der Waals surface area contributed by atoms with Crippen molar-refractivity contribution in [3.05, 3.63) is 23.8 Å². The number of rotatable bonds is 2. The molecule has 0 bridgehead atoms. The third-order valence-electron chi connectivity index (χ3n) is 3.41. The molecule has 11 nitrogen and oxygen atoms in total. The summed E-state index contributed by atoms with van der Waals surface area (Å²) in [6.45, 7) is 0. The molecule has 3 rings (SSSR count). The summed E-state index contributed by atoms with van der Waals surface area (Å²) in [6.07, 6.45) is -1.73. The standard InChI is InChI=1S/C12H10N4O7S/c17-8-5-2-1-4(3-6(5)24(22,23)16-8)13-9(18)7-10(19)14-12(21)15-11(7)20/h1-3,7,10,19H,(H,13,18)(H,16,17)(H2,14,15,20,21). The number of imide groups is 1. The number of hydrogen-bond donors (Lipinski definition) is 5. The number of nitrogens with one attached hydrogen (secondary N) is 4. The minimum absolute atomic E-state index is 0.00396. The fraction of sp³-hybridized carbons (Fsp3) is 0.167. The van der Waals surface area contributed by atoms with Gasteiger partial charge in [0.05, 0.1) is 5.56 Å². The molecule has 12 heteroatoms. The Hall–Kier alpha value is -2.99. The van der Waals surface area contributed by atoms with E-state index in [-0.39, 0.29) is 16.1 Å². The number of fused-ring (bicyclic) bond motifs is 1. The van der Waals surface area contributed by atoms with Gasteiger partial charge in [0.1, 0.15) is 11.1 Å². The lowest BCUT2D eigenvalue weighted by Gasteiger charge is -2.26. The molecule has 0 spiro atoms. The van der Waals surface area contributed by atoms with Gasteiger partial charge in [0.15, 0.2) is 5.92 Å². The number of aliphatic hydroxyl groups is 1. The minimum Gasteiger partial charge on any atom is -0.372 e. The van der Waals surface area contributed by atoms with E-state index < -0.39 is 45.9 Å². The van der Waals surface area contributed by atoms with Gasteiger partial charge in [-0.25, -0.2) is 17.9 Å². The number of carbonyl (C=O) groups excluding carboxylic acids is 4. The number of benzene rings is 1. The van der Waals surface area contributed by atoms with Crippen molar-refractivity contribution < 1.29 is 32.7 Å². The molecule has 2 heterocycles. The molecule has 0 aliphatic carbocycles. The summed E-state index contributed by atoms with van der Waals surface area (Å²) >= 11 is 0. The zero-order valence-electron chi connectivity index (χ0n) is 11.7. The van der Waals surface area contributed by atoms with Crippen LogP contribution in [0.3, 0.4) is 0 Å². The van der Waals surface area contributed by atoms with Crippen LogP contribution in [0.25, 0.3) is 0 Å². The first-order chi connectivity index (χ1) is 11.2. The zero-order valence-corrected chi connectivity index (χ0v) is 12.5. The Labute approximate surface area is 134 Å². The van der Waals surface area contributed by atoms with Crippen LogP contribution in [0.15, 0.2) is 23.1 Å². The summed E-state index contributed by atoms with van der Waals surface area (Å²) in [4.78, 5) is 45.9. The van der Waals surface area contributed by atoms with Crippen LogP contribution in [0.1, 0.15) is 10.4 Å². The third kappa shape index (κ3) is 2.57. The Morgan fingerprint density at radius 3 is 2.58 bits per heavy atom. The van der Waals surface area contributed by atoms with Gasteiger partial charge in [0, 0.05) is 5.69 Å².